The van der Waals surface area contributed by atoms with E-state index in [1.165, 1.54) is 0 Å². The van der Waals surface area contributed by atoms with Gasteiger partial charge in [0.1, 0.15) is 15.6 Å². The molecule has 0 amide bonds. The molecule has 0 aliphatic heterocycles. The zero-order valence-electron chi connectivity index (χ0n) is 21.3. The monoisotopic (exact) mass is 571 g/mol. The number of H-pyrrole nitrogens is 2. The Hall–Kier alpha value is -4.52. The van der Waals surface area contributed by atoms with Crippen molar-refractivity contribution in [1.29, 1.82) is 0 Å². The predicted octanol–water partition coefficient (Wildman–Crippen LogP) is 4.61. The van der Waals surface area contributed by atoms with Gasteiger partial charge in [0.05, 0.1) is 29.1 Å². The molecule has 1 atom stereocenters. The van der Waals surface area contributed by atoms with Crippen LogP contribution in [0.25, 0.3) is 28.1 Å². The van der Waals surface area contributed by atoms with E-state index < -0.39 is 16.1 Å². The third-order valence-electron chi connectivity index (χ3n) is 6.52. The van der Waals surface area contributed by atoms with E-state index in [1.54, 1.807) is 42.3 Å². The minimum atomic E-state index is -3.75. The standard InChI is InChI=1S/C28H25N7O3S2/c1-18-14-20(35-12-11-29-17-35)15-22-26(18)33-27(32-22)25-21(9-10-30-28(25)36)31-16-23(19-6-3-2-4-7-19)34-40(37,38)24-8-5-13-39-24/h2-15,17,23,34H,16H2,1H3,(H,32,33)(H2,30,31,36)/t23-/m1/s1. The van der Waals surface area contributed by atoms with Gasteiger partial charge in [-0.2, -0.15) is 0 Å². The summed E-state index contributed by atoms with van der Waals surface area (Å²) in [7, 11) is -3.75. The van der Waals surface area contributed by atoms with Gasteiger partial charge in [0.2, 0.25) is 0 Å². The Kier molecular flexibility index (Phi) is 6.80. The number of fused-ring (bicyclic) bond motifs is 1. The zero-order chi connectivity index (χ0) is 27.7. The minimum absolute atomic E-state index is 0.190. The van der Waals surface area contributed by atoms with E-state index in [9.17, 15) is 13.2 Å². The van der Waals surface area contributed by atoms with Crippen LogP contribution in [0.4, 0.5) is 5.69 Å². The summed E-state index contributed by atoms with van der Waals surface area (Å²) in [5.74, 6) is 0.403. The van der Waals surface area contributed by atoms with Gasteiger partial charge in [-0.25, -0.2) is 23.1 Å². The van der Waals surface area contributed by atoms with Crippen molar-refractivity contribution >= 4 is 38.1 Å². The van der Waals surface area contributed by atoms with Crippen LogP contribution in [0.5, 0.6) is 0 Å². The number of anilines is 1. The molecule has 4 N–H and O–H groups in total. The molecule has 202 valence electrons. The lowest BCUT2D eigenvalue weighted by Crippen LogP contribution is -2.33. The number of nitrogens with zero attached hydrogens (tertiary/aromatic N) is 3. The number of hydrogen-bond donors (Lipinski definition) is 4. The molecule has 0 aliphatic carbocycles. The number of nitrogens with one attached hydrogen (secondary N) is 4. The van der Waals surface area contributed by atoms with Gasteiger partial charge in [-0.3, -0.25) is 4.79 Å². The molecule has 0 saturated heterocycles. The number of aromatic amines is 2. The molecule has 10 nitrogen and oxygen atoms in total. The lowest BCUT2D eigenvalue weighted by atomic mass is 10.1. The van der Waals surface area contributed by atoms with Crippen molar-refractivity contribution in [3.05, 3.63) is 112 Å². The van der Waals surface area contributed by atoms with Gasteiger partial charge < -0.3 is 19.9 Å². The molecule has 40 heavy (non-hydrogen) atoms. The molecule has 0 aliphatic rings. The second-order valence-corrected chi connectivity index (χ2v) is 12.1. The van der Waals surface area contributed by atoms with Crippen molar-refractivity contribution in [2.75, 3.05) is 11.9 Å². The number of imidazole rings is 2. The van der Waals surface area contributed by atoms with Crippen molar-refractivity contribution < 1.29 is 8.42 Å². The van der Waals surface area contributed by atoms with E-state index in [4.69, 9.17) is 4.98 Å². The van der Waals surface area contributed by atoms with Gasteiger partial charge in [-0.1, -0.05) is 36.4 Å². The molecule has 6 aromatic rings. The Balaban J connectivity index is 1.34. The molecule has 0 spiro atoms. The van der Waals surface area contributed by atoms with Crippen LogP contribution in [0.3, 0.4) is 0 Å². The first-order chi connectivity index (χ1) is 19.4. The molecule has 4 heterocycles. The molecule has 0 bridgehead atoms. The van der Waals surface area contributed by atoms with Crippen LogP contribution in [0.2, 0.25) is 0 Å². The SMILES string of the molecule is Cc1cc(-n2ccnc2)cc2[nH]c(-c3c(NC[C@@H](NS(=O)(=O)c4cccs4)c4ccccc4)cc[nH]c3=O)nc12. The van der Waals surface area contributed by atoms with Crippen LogP contribution in [-0.4, -0.2) is 39.5 Å². The second-order valence-electron chi connectivity index (χ2n) is 9.21. The predicted molar refractivity (Wildman–Crippen MR) is 156 cm³/mol. The average molecular weight is 572 g/mol. The fraction of sp³-hybridized carbons (Fsp3) is 0.107. The molecule has 4 aromatic heterocycles. The van der Waals surface area contributed by atoms with Crippen LogP contribution in [-0.2, 0) is 10.0 Å². The molecule has 2 aromatic carbocycles. The summed E-state index contributed by atoms with van der Waals surface area (Å²) >= 11 is 1.15. The van der Waals surface area contributed by atoms with Crippen molar-refractivity contribution in [2.24, 2.45) is 0 Å². The molecule has 0 saturated carbocycles. The summed E-state index contributed by atoms with van der Waals surface area (Å²) < 4.78 is 31.1. The third kappa shape index (κ3) is 5.07. The summed E-state index contributed by atoms with van der Waals surface area (Å²) in [5, 5.41) is 5.02. The highest BCUT2D eigenvalue weighted by molar-refractivity contribution is 7.91. The van der Waals surface area contributed by atoms with E-state index in [0.29, 0.717) is 17.1 Å². The normalized spacial score (nSPS) is 12.5. The molecule has 12 heteroatoms. The highest BCUT2D eigenvalue weighted by Crippen LogP contribution is 2.28. The molecule has 0 radical (unpaired) electrons. The topological polar surface area (TPSA) is 138 Å². The van der Waals surface area contributed by atoms with E-state index in [0.717, 1.165) is 39.2 Å². The Morgan fingerprint density at radius 3 is 2.70 bits per heavy atom. The van der Waals surface area contributed by atoms with Crippen LogP contribution in [0.15, 0.2) is 100.0 Å². The number of sulfonamides is 1. The second kappa shape index (κ2) is 10.6. The highest BCUT2D eigenvalue weighted by Gasteiger charge is 2.23. The fourth-order valence-electron chi connectivity index (χ4n) is 4.60. The first-order valence-electron chi connectivity index (χ1n) is 12.4. The summed E-state index contributed by atoms with van der Waals surface area (Å²) in [6.07, 6.45) is 6.84. The quantitative estimate of drug-likeness (QED) is 0.200. The molecule has 0 fully saturated rings. The summed E-state index contributed by atoms with van der Waals surface area (Å²) in [6.45, 7) is 2.15. The van der Waals surface area contributed by atoms with Crippen molar-refractivity contribution in [3.8, 4) is 17.1 Å². The number of rotatable bonds is 9. The third-order valence-corrected chi connectivity index (χ3v) is 9.39. The Morgan fingerprint density at radius 2 is 1.95 bits per heavy atom. The molecule has 6 rings (SSSR count). The first kappa shape index (κ1) is 25.7. The lowest BCUT2D eigenvalue weighted by molar-refractivity contribution is 0.564. The van der Waals surface area contributed by atoms with Crippen LogP contribution in [0, 0.1) is 6.92 Å². The van der Waals surface area contributed by atoms with Gasteiger partial charge in [-0.05, 0) is 47.7 Å². The summed E-state index contributed by atoms with van der Waals surface area (Å²) in [5.41, 5.74) is 4.69. The zero-order valence-corrected chi connectivity index (χ0v) is 23.0. The largest absolute Gasteiger partial charge is 0.382 e. The number of aryl methyl sites for hydroxylation is 1. The van der Waals surface area contributed by atoms with Gasteiger partial charge in [0.15, 0.2) is 0 Å². The molecular formula is C28H25N7O3S2. The highest BCUT2D eigenvalue weighted by atomic mass is 32.2. The van der Waals surface area contributed by atoms with Crippen LogP contribution in [0.1, 0.15) is 17.2 Å². The smallest absolute Gasteiger partial charge is 0.261 e. The molecular weight excluding hydrogens is 546 g/mol. The van der Waals surface area contributed by atoms with E-state index in [-0.39, 0.29) is 16.3 Å². The van der Waals surface area contributed by atoms with E-state index in [1.807, 2.05) is 60.2 Å². The number of hydrogen-bond acceptors (Lipinski definition) is 7. The van der Waals surface area contributed by atoms with Crippen molar-refractivity contribution in [3.63, 3.8) is 0 Å². The summed E-state index contributed by atoms with van der Waals surface area (Å²) in [4.78, 5) is 28.0. The van der Waals surface area contributed by atoms with Gasteiger partial charge in [0.25, 0.3) is 15.6 Å². The number of aromatic nitrogens is 5. The molecule has 0 unspecified atom stereocenters. The minimum Gasteiger partial charge on any atom is -0.382 e. The maximum atomic E-state index is 13.1. The van der Waals surface area contributed by atoms with Gasteiger partial charge in [-0.15, -0.1) is 11.3 Å². The summed E-state index contributed by atoms with van der Waals surface area (Å²) in [6, 6.07) is 17.7. The number of benzene rings is 2. The number of thiophene rings is 1. The maximum absolute atomic E-state index is 13.1. The van der Waals surface area contributed by atoms with E-state index >= 15 is 0 Å². The Bertz CT molecular complexity index is 1930. The Labute approximate surface area is 233 Å². The maximum Gasteiger partial charge on any atom is 0.261 e. The van der Waals surface area contributed by atoms with Gasteiger partial charge in [0, 0.05) is 30.8 Å². The number of pyridine rings is 1. The van der Waals surface area contributed by atoms with Crippen molar-refractivity contribution in [2.45, 2.75) is 17.2 Å². The van der Waals surface area contributed by atoms with Crippen molar-refractivity contribution in [1.82, 2.24) is 29.2 Å². The average Bonchev–Trinajstić information content (AvgIpc) is 3.73. The van der Waals surface area contributed by atoms with Crippen LogP contribution < -0.4 is 15.6 Å². The Morgan fingerprint density at radius 1 is 1.10 bits per heavy atom. The van der Waals surface area contributed by atoms with E-state index in [2.05, 4.69) is 25.0 Å². The van der Waals surface area contributed by atoms with Gasteiger partial charge >= 0.3 is 0 Å². The lowest BCUT2D eigenvalue weighted by Gasteiger charge is -2.20. The fourth-order valence-corrected chi connectivity index (χ4v) is 6.83. The first-order valence-corrected chi connectivity index (χ1v) is 14.8. The van der Waals surface area contributed by atoms with Crippen LogP contribution >= 0.6 is 11.3 Å².